The summed E-state index contributed by atoms with van der Waals surface area (Å²) in [5.41, 5.74) is 8.26. The molecule has 2 heterocycles. The Bertz CT molecular complexity index is 918. The van der Waals surface area contributed by atoms with Crippen molar-refractivity contribution in [1.82, 2.24) is 0 Å². The second-order valence-corrected chi connectivity index (χ2v) is 8.14. The second-order valence-electron chi connectivity index (χ2n) is 5.91. The maximum atomic E-state index is 14.5. The summed E-state index contributed by atoms with van der Waals surface area (Å²) in [7, 11) is -3.22. The van der Waals surface area contributed by atoms with Gasteiger partial charge in [0.05, 0.1) is 30.3 Å². The van der Waals surface area contributed by atoms with Gasteiger partial charge in [-0.05, 0) is 29.7 Å². The van der Waals surface area contributed by atoms with E-state index in [4.69, 9.17) is 10.3 Å². The van der Waals surface area contributed by atoms with E-state index in [0.717, 1.165) is 17.0 Å². The monoisotopic (exact) mass is 384 g/mol. The molecule has 138 valence electrons. The number of nitrogens with zero attached hydrogens (tertiary/aromatic N) is 4. The summed E-state index contributed by atoms with van der Waals surface area (Å²) in [5, 5.41) is 3.31. The first-order chi connectivity index (χ1) is 12.3. The summed E-state index contributed by atoms with van der Waals surface area (Å²) in [4.78, 5) is 15.5. The number of hydrogen-bond acceptors (Lipinski definition) is 5. The summed E-state index contributed by atoms with van der Waals surface area (Å²) >= 11 is 0. The van der Waals surface area contributed by atoms with E-state index in [-0.39, 0.29) is 47.8 Å². The van der Waals surface area contributed by atoms with Crippen molar-refractivity contribution < 1.29 is 26.7 Å². The molecule has 11 heteroatoms. The first-order valence-electron chi connectivity index (χ1n) is 7.68. The highest BCUT2D eigenvalue weighted by atomic mass is 32.2. The number of cyclic esters (lactones) is 1. The molecule has 0 aromatic heterocycles. The fourth-order valence-corrected chi connectivity index (χ4v) is 4.04. The molecule has 2 aliphatic heterocycles. The Morgan fingerprint density at radius 1 is 1.35 bits per heavy atom. The van der Waals surface area contributed by atoms with Crippen molar-refractivity contribution >= 4 is 27.2 Å². The highest BCUT2D eigenvalue weighted by Gasteiger charge is 2.33. The lowest BCUT2D eigenvalue weighted by Gasteiger charge is -2.18. The third-order valence-electron chi connectivity index (χ3n) is 4.15. The highest BCUT2D eigenvalue weighted by molar-refractivity contribution is 7.91. The van der Waals surface area contributed by atoms with Gasteiger partial charge in [-0.2, -0.15) is 0 Å². The van der Waals surface area contributed by atoms with Crippen molar-refractivity contribution in [3.63, 3.8) is 0 Å². The number of ether oxygens (including phenoxy) is 1. The minimum absolute atomic E-state index is 0.00296. The Morgan fingerprint density at radius 2 is 2.04 bits per heavy atom. The summed E-state index contributed by atoms with van der Waals surface area (Å²) in [6, 6.07) is 2.00. The molecule has 1 atom stereocenters. The first-order valence-corrected chi connectivity index (χ1v) is 9.51. The van der Waals surface area contributed by atoms with Gasteiger partial charge in [0.25, 0.3) is 0 Å². The topological polar surface area (TPSA) is 112 Å². The molecule has 1 aromatic carbocycles. The number of carbonyl (C=O) groups excluding carboxylic acids is 1. The van der Waals surface area contributed by atoms with Gasteiger partial charge in [0.2, 0.25) is 0 Å². The number of hydrogen-bond donors (Lipinski definition) is 0. The zero-order valence-corrected chi connectivity index (χ0v) is 14.2. The fourth-order valence-electron chi connectivity index (χ4n) is 2.88. The molecule has 1 fully saturated rings. The number of halogens is 2. The lowest BCUT2D eigenvalue weighted by atomic mass is 10.0. The molecule has 1 aromatic rings. The van der Waals surface area contributed by atoms with Gasteiger partial charge >= 0.3 is 6.09 Å². The Morgan fingerprint density at radius 3 is 2.62 bits per heavy atom. The van der Waals surface area contributed by atoms with Crippen molar-refractivity contribution in [2.24, 2.45) is 5.11 Å². The van der Waals surface area contributed by atoms with E-state index in [2.05, 4.69) is 10.0 Å². The molecule has 1 amide bonds. The van der Waals surface area contributed by atoms with Crippen LogP contribution < -0.4 is 4.90 Å². The Kier molecular flexibility index (Phi) is 4.84. The van der Waals surface area contributed by atoms with Crippen LogP contribution >= 0.6 is 0 Å². The number of benzene rings is 1. The van der Waals surface area contributed by atoms with Crippen LogP contribution in [0.2, 0.25) is 0 Å². The summed E-state index contributed by atoms with van der Waals surface area (Å²) < 4.78 is 56.9. The van der Waals surface area contributed by atoms with E-state index >= 15 is 0 Å². The minimum Gasteiger partial charge on any atom is -0.444 e. The summed E-state index contributed by atoms with van der Waals surface area (Å²) in [5.74, 6) is -2.21. The molecule has 26 heavy (non-hydrogen) atoms. The van der Waals surface area contributed by atoms with Crippen molar-refractivity contribution in [1.29, 1.82) is 0 Å². The molecule has 1 unspecified atom stereocenters. The number of amides is 1. The highest BCUT2D eigenvalue weighted by Crippen LogP contribution is 2.32. The zero-order valence-electron chi connectivity index (χ0n) is 13.4. The van der Waals surface area contributed by atoms with Crippen LogP contribution in [0.25, 0.3) is 16.0 Å². The van der Waals surface area contributed by atoms with Gasteiger partial charge in [0.1, 0.15) is 17.7 Å². The van der Waals surface area contributed by atoms with Gasteiger partial charge in [-0.1, -0.05) is 11.2 Å². The molecule has 0 saturated carbocycles. The minimum atomic E-state index is -3.22. The third kappa shape index (κ3) is 3.63. The molecule has 0 N–H and O–H groups in total. The first kappa shape index (κ1) is 18.2. The van der Waals surface area contributed by atoms with E-state index in [9.17, 15) is 22.0 Å². The number of carbonyl (C=O) groups is 1. The van der Waals surface area contributed by atoms with Gasteiger partial charge in [-0.15, -0.1) is 0 Å². The normalized spacial score (nSPS) is 21.8. The van der Waals surface area contributed by atoms with E-state index in [1.54, 1.807) is 0 Å². The van der Waals surface area contributed by atoms with Gasteiger partial charge in [-0.25, -0.2) is 22.0 Å². The van der Waals surface area contributed by atoms with E-state index < -0.39 is 33.7 Å². The standard InChI is InChI=1S/C15H14F2N4O4S/c16-12-5-10(21-8-11(7-19-20-18)25-15(21)22)6-13(17)14(12)9-1-3-26(23,24)4-2-9/h1,5-6,11H,2-4,7-8H2. The Hall–Kier alpha value is -2.65. The van der Waals surface area contributed by atoms with Crippen LogP contribution in [0.15, 0.2) is 23.3 Å². The largest absolute Gasteiger partial charge is 0.444 e. The van der Waals surface area contributed by atoms with Gasteiger partial charge in [-0.3, -0.25) is 4.90 Å². The molecule has 0 radical (unpaired) electrons. The van der Waals surface area contributed by atoms with E-state index in [1.807, 2.05) is 0 Å². The summed E-state index contributed by atoms with van der Waals surface area (Å²) in [6.07, 6.45) is -0.164. The maximum Gasteiger partial charge on any atom is 0.414 e. The Balaban J connectivity index is 1.87. The zero-order chi connectivity index (χ0) is 18.9. The van der Waals surface area contributed by atoms with Crippen LogP contribution in [0.4, 0.5) is 19.3 Å². The number of anilines is 1. The van der Waals surface area contributed by atoms with Crippen LogP contribution in [-0.4, -0.2) is 45.2 Å². The molecule has 0 spiro atoms. The van der Waals surface area contributed by atoms with Crippen LogP contribution in [0.3, 0.4) is 0 Å². The van der Waals surface area contributed by atoms with Crippen LogP contribution in [-0.2, 0) is 14.6 Å². The lowest BCUT2D eigenvalue weighted by molar-refractivity contribution is 0.145. The van der Waals surface area contributed by atoms with Crippen molar-refractivity contribution in [3.05, 3.63) is 45.8 Å². The molecule has 0 aliphatic carbocycles. The predicted octanol–water partition coefficient (Wildman–Crippen LogP) is 2.80. The van der Waals surface area contributed by atoms with Gasteiger partial charge in [0, 0.05) is 10.5 Å². The van der Waals surface area contributed by atoms with Crippen molar-refractivity contribution in [3.8, 4) is 0 Å². The molecule has 8 nitrogen and oxygen atoms in total. The number of azide groups is 1. The molecular formula is C15H14F2N4O4S. The van der Waals surface area contributed by atoms with Crippen LogP contribution in [0, 0.1) is 11.6 Å². The number of rotatable bonds is 4. The Labute approximate surface area is 147 Å². The SMILES string of the molecule is [N-]=[N+]=NCC1CN(c2cc(F)c(C3=CCS(=O)(=O)CC3)c(F)c2)C(=O)O1. The average Bonchev–Trinajstić information content (AvgIpc) is 2.94. The lowest BCUT2D eigenvalue weighted by Crippen LogP contribution is -2.25. The number of allylic oxidation sites excluding steroid dienone is 1. The van der Waals surface area contributed by atoms with Gasteiger partial charge < -0.3 is 4.74 Å². The number of sulfone groups is 1. The molecule has 3 rings (SSSR count). The van der Waals surface area contributed by atoms with Crippen LogP contribution in [0.1, 0.15) is 12.0 Å². The van der Waals surface area contributed by atoms with Crippen molar-refractivity contribution in [2.45, 2.75) is 12.5 Å². The molecule has 0 bridgehead atoms. The second kappa shape index (κ2) is 6.93. The predicted molar refractivity (Wildman–Crippen MR) is 89.2 cm³/mol. The quantitative estimate of drug-likeness (QED) is 0.451. The summed E-state index contributed by atoms with van der Waals surface area (Å²) in [6.45, 7) is -0.0832. The molecular weight excluding hydrogens is 370 g/mol. The van der Waals surface area contributed by atoms with Crippen molar-refractivity contribution in [2.75, 3.05) is 29.5 Å². The smallest absolute Gasteiger partial charge is 0.414 e. The van der Waals surface area contributed by atoms with E-state index in [0.29, 0.717) is 0 Å². The fraction of sp³-hybridized carbons (Fsp3) is 0.400. The maximum absolute atomic E-state index is 14.5. The molecule has 1 saturated heterocycles. The third-order valence-corrected chi connectivity index (χ3v) is 5.65. The molecule has 2 aliphatic rings. The van der Waals surface area contributed by atoms with E-state index in [1.165, 1.54) is 6.08 Å². The average molecular weight is 384 g/mol. The van der Waals surface area contributed by atoms with Gasteiger partial charge in [0.15, 0.2) is 9.84 Å². The van der Waals surface area contributed by atoms with Crippen LogP contribution in [0.5, 0.6) is 0 Å².